The third-order valence-electron chi connectivity index (χ3n) is 3.48. The molecule has 0 aliphatic carbocycles. The van der Waals surface area contributed by atoms with E-state index in [9.17, 15) is 0 Å². The Hall–Kier alpha value is -0.860. The summed E-state index contributed by atoms with van der Waals surface area (Å²) < 4.78 is 0. The van der Waals surface area contributed by atoms with E-state index in [0.717, 1.165) is 6.42 Å². The average Bonchev–Trinajstić information content (AvgIpc) is 2.38. The van der Waals surface area contributed by atoms with Gasteiger partial charge in [-0.15, -0.1) is 0 Å². The molecule has 0 unspecified atom stereocenters. The smallest absolute Gasteiger partial charge is 0.0180 e. The summed E-state index contributed by atoms with van der Waals surface area (Å²) in [5, 5.41) is 0. The van der Waals surface area contributed by atoms with Gasteiger partial charge in [0.1, 0.15) is 0 Å². The number of rotatable bonds is 4. The second kappa shape index (κ2) is 6.02. The zero-order chi connectivity index (χ0) is 11.2. The van der Waals surface area contributed by atoms with Crippen molar-refractivity contribution in [2.75, 3.05) is 19.6 Å². The molecule has 1 aliphatic rings. The molecule has 2 N–H and O–H groups in total. The van der Waals surface area contributed by atoms with Gasteiger partial charge in [-0.05, 0) is 43.5 Å². The highest BCUT2D eigenvalue weighted by Crippen LogP contribution is 2.12. The van der Waals surface area contributed by atoms with E-state index in [4.69, 9.17) is 5.73 Å². The average molecular weight is 218 g/mol. The molecule has 0 spiro atoms. The van der Waals surface area contributed by atoms with E-state index in [0.29, 0.717) is 6.54 Å². The summed E-state index contributed by atoms with van der Waals surface area (Å²) in [5.74, 6) is 0. The van der Waals surface area contributed by atoms with Gasteiger partial charge in [0.15, 0.2) is 0 Å². The van der Waals surface area contributed by atoms with Crippen LogP contribution in [0.4, 0.5) is 0 Å². The van der Waals surface area contributed by atoms with Crippen molar-refractivity contribution in [3.05, 3.63) is 35.4 Å². The normalized spacial score (nSPS) is 17.6. The Bertz CT molecular complexity index is 316. The lowest BCUT2D eigenvalue weighted by atomic mass is 10.0. The van der Waals surface area contributed by atoms with Crippen LogP contribution in [-0.4, -0.2) is 24.5 Å². The lowest BCUT2D eigenvalue weighted by molar-refractivity contribution is 0.231. The molecule has 1 fully saturated rings. The van der Waals surface area contributed by atoms with Gasteiger partial charge < -0.3 is 10.6 Å². The van der Waals surface area contributed by atoms with Crippen LogP contribution in [0.5, 0.6) is 0 Å². The molecule has 1 saturated heterocycles. The summed E-state index contributed by atoms with van der Waals surface area (Å²) in [7, 11) is 0. The second-order valence-corrected chi connectivity index (χ2v) is 4.63. The molecule has 16 heavy (non-hydrogen) atoms. The van der Waals surface area contributed by atoms with Crippen LogP contribution in [0.25, 0.3) is 0 Å². The molecule has 0 radical (unpaired) electrons. The Morgan fingerprint density at radius 2 is 1.69 bits per heavy atom. The molecule has 2 rings (SSSR count). The van der Waals surface area contributed by atoms with Gasteiger partial charge in [-0.3, -0.25) is 0 Å². The van der Waals surface area contributed by atoms with Crippen LogP contribution < -0.4 is 5.73 Å². The number of nitrogens with two attached hydrogens (primary N) is 1. The van der Waals surface area contributed by atoms with E-state index in [2.05, 4.69) is 29.2 Å². The van der Waals surface area contributed by atoms with Crippen LogP contribution in [-0.2, 0) is 13.0 Å². The molecule has 2 heteroatoms. The Labute approximate surface area is 98.4 Å². The number of nitrogens with zero attached hydrogens (tertiary/aromatic N) is 1. The van der Waals surface area contributed by atoms with Crippen molar-refractivity contribution >= 4 is 0 Å². The molecule has 88 valence electrons. The van der Waals surface area contributed by atoms with Gasteiger partial charge in [0.25, 0.3) is 0 Å². The predicted octanol–water partition coefficient (Wildman–Crippen LogP) is 2.17. The highest BCUT2D eigenvalue weighted by Gasteiger charge is 2.10. The highest BCUT2D eigenvalue weighted by atomic mass is 15.1. The molecule has 1 aromatic carbocycles. The van der Waals surface area contributed by atoms with Gasteiger partial charge in [-0.1, -0.05) is 30.7 Å². The fourth-order valence-electron chi connectivity index (χ4n) is 2.46. The SMILES string of the molecule is NCc1ccccc1CCN1CCCCC1. The summed E-state index contributed by atoms with van der Waals surface area (Å²) >= 11 is 0. The fourth-order valence-corrected chi connectivity index (χ4v) is 2.46. The minimum Gasteiger partial charge on any atom is -0.326 e. The molecule has 1 aromatic rings. The van der Waals surface area contributed by atoms with Crippen molar-refractivity contribution in [1.29, 1.82) is 0 Å². The van der Waals surface area contributed by atoms with Gasteiger partial charge in [0, 0.05) is 13.1 Å². The summed E-state index contributed by atoms with van der Waals surface area (Å²) in [6.07, 6.45) is 5.31. The first-order valence-electron chi connectivity index (χ1n) is 6.39. The number of hydrogen-bond acceptors (Lipinski definition) is 2. The van der Waals surface area contributed by atoms with Gasteiger partial charge in [0.05, 0.1) is 0 Å². The minimum absolute atomic E-state index is 0.663. The molecule has 0 bridgehead atoms. The van der Waals surface area contributed by atoms with Crippen LogP contribution in [0.15, 0.2) is 24.3 Å². The first-order chi connectivity index (χ1) is 7.90. The molecule has 0 atom stereocenters. The maximum Gasteiger partial charge on any atom is 0.0180 e. The van der Waals surface area contributed by atoms with Gasteiger partial charge in [0.2, 0.25) is 0 Å². The van der Waals surface area contributed by atoms with Crippen molar-refractivity contribution in [2.24, 2.45) is 5.73 Å². The van der Waals surface area contributed by atoms with Crippen molar-refractivity contribution < 1.29 is 0 Å². The molecule has 0 amide bonds. The standard InChI is InChI=1S/C14H22N2/c15-12-14-7-3-2-6-13(14)8-11-16-9-4-1-5-10-16/h2-3,6-7H,1,4-5,8-12,15H2. The molecule has 0 saturated carbocycles. The van der Waals surface area contributed by atoms with Crippen LogP contribution in [0.2, 0.25) is 0 Å². The van der Waals surface area contributed by atoms with Gasteiger partial charge >= 0.3 is 0 Å². The molecular formula is C14H22N2. The van der Waals surface area contributed by atoms with Gasteiger partial charge in [-0.2, -0.15) is 0 Å². The van der Waals surface area contributed by atoms with E-state index < -0.39 is 0 Å². The Morgan fingerprint density at radius 3 is 2.38 bits per heavy atom. The Balaban J connectivity index is 1.88. The number of piperidine rings is 1. The largest absolute Gasteiger partial charge is 0.326 e. The lowest BCUT2D eigenvalue weighted by Gasteiger charge is -2.26. The first-order valence-corrected chi connectivity index (χ1v) is 6.39. The molecule has 1 heterocycles. The van der Waals surface area contributed by atoms with E-state index in [-0.39, 0.29) is 0 Å². The highest BCUT2D eigenvalue weighted by molar-refractivity contribution is 5.27. The molecular weight excluding hydrogens is 196 g/mol. The summed E-state index contributed by atoms with van der Waals surface area (Å²) in [4.78, 5) is 2.58. The zero-order valence-corrected chi connectivity index (χ0v) is 9.99. The Morgan fingerprint density at radius 1 is 1.00 bits per heavy atom. The maximum absolute atomic E-state index is 5.75. The lowest BCUT2D eigenvalue weighted by Crippen LogP contribution is -2.31. The van der Waals surface area contributed by atoms with Crippen molar-refractivity contribution in [1.82, 2.24) is 4.90 Å². The van der Waals surface area contributed by atoms with E-state index in [1.54, 1.807) is 0 Å². The quantitative estimate of drug-likeness (QED) is 0.839. The molecule has 1 aliphatic heterocycles. The molecule has 0 aromatic heterocycles. The number of benzene rings is 1. The van der Waals surface area contributed by atoms with Crippen LogP contribution in [0.3, 0.4) is 0 Å². The van der Waals surface area contributed by atoms with E-state index in [1.807, 2.05) is 0 Å². The monoisotopic (exact) mass is 218 g/mol. The summed E-state index contributed by atoms with van der Waals surface area (Å²) in [6, 6.07) is 8.55. The third kappa shape index (κ3) is 3.06. The molecule has 2 nitrogen and oxygen atoms in total. The number of likely N-dealkylation sites (tertiary alicyclic amines) is 1. The van der Waals surface area contributed by atoms with Crippen molar-refractivity contribution in [3.8, 4) is 0 Å². The van der Waals surface area contributed by atoms with Crippen LogP contribution in [0, 0.1) is 0 Å². The maximum atomic E-state index is 5.75. The van der Waals surface area contributed by atoms with Crippen LogP contribution in [0.1, 0.15) is 30.4 Å². The minimum atomic E-state index is 0.663. The summed E-state index contributed by atoms with van der Waals surface area (Å²) in [6.45, 7) is 4.42. The van der Waals surface area contributed by atoms with E-state index >= 15 is 0 Å². The van der Waals surface area contributed by atoms with Gasteiger partial charge in [-0.25, -0.2) is 0 Å². The topological polar surface area (TPSA) is 29.3 Å². The van der Waals surface area contributed by atoms with Crippen molar-refractivity contribution in [2.45, 2.75) is 32.2 Å². The van der Waals surface area contributed by atoms with E-state index in [1.165, 1.54) is 50.0 Å². The second-order valence-electron chi connectivity index (χ2n) is 4.63. The third-order valence-corrected chi connectivity index (χ3v) is 3.48. The predicted molar refractivity (Wildman–Crippen MR) is 68.3 cm³/mol. The first kappa shape index (κ1) is 11.6. The zero-order valence-electron chi connectivity index (χ0n) is 9.99. The van der Waals surface area contributed by atoms with Crippen molar-refractivity contribution in [3.63, 3.8) is 0 Å². The number of hydrogen-bond donors (Lipinski definition) is 1. The Kier molecular flexibility index (Phi) is 4.37. The fraction of sp³-hybridized carbons (Fsp3) is 0.571. The summed E-state index contributed by atoms with van der Waals surface area (Å²) in [5.41, 5.74) is 8.48. The van der Waals surface area contributed by atoms with Crippen LogP contribution >= 0.6 is 0 Å².